The molecule has 0 atom stereocenters. The van der Waals surface area contributed by atoms with E-state index in [2.05, 4.69) is 32.5 Å². The highest BCUT2D eigenvalue weighted by atomic mass is 16.5. The fourth-order valence-electron chi connectivity index (χ4n) is 2.96. The lowest BCUT2D eigenvalue weighted by Gasteiger charge is -2.14. The van der Waals surface area contributed by atoms with E-state index in [4.69, 9.17) is 9.72 Å². The summed E-state index contributed by atoms with van der Waals surface area (Å²) in [6.45, 7) is 6.23. The first-order valence-corrected chi connectivity index (χ1v) is 10.6. The molecule has 0 saturated carbocycles. The van der Waals surface area contributed by atoms with Crippen molar-refractivity contribution >= 4 is 23.6 Å². The van der Waals surface area contributed by atoms with Crippen LogP contribution in [-0.2, 0) is 16.1 Å². The molecule has 0 aromatic carbocycles. The van der Waals surface area contributed by atoms with Crippen LogP contribution in [0.3, 0.4) is 0 Å². The van der Waals surface area contributed by atoms with Crippen molar-refractivity contribution in [3.63, 3.8) is 0 Å². The number of pyridine rings is 3. The fourth-order valence-corrected chi connectivity index (χ4v) is 2.96. The molecule has 0 spiro atoms. The van der Waals surface area contributed by atoms with Crippen LogP contribution in [-0.4, -0.2) is 46.8 Å². The molecule has 0 aliphatic rings. The third-order valence-electron chi connectivity index (χ3n) is 4.50. The van der Waals surface area contributed by atoms with E-state index in [0.717, 1.165) is 28.9 Å². The number of hydrogen-bond acceptors (Lipinski definition) is 7. The first-order chi connectivity index (χ1) is 15.7. The Morgan fingerprint density at radius 1 is 1.19 bits per heavy atom. The molecular formula is C24H28N6O2. The Morgan fingerprint density at radius 2 is 2.09 bits per heavy atom. The molecule has 8 nitrogen and oxygen atoms in total. The molecule has 8 heteroatoms. The van der Waals surface area contributed by atoms with Crippen LogP contribution in [0.5, 0.6) is 0 Å². The van der Waals surface area contributed by atoms with Crippen molar-refractivity contribution in [3.8, 4) is 11.3 Å². The summed E-state index contributed by atoms with van der Waals surface area (Å²) in [5, 5.41) is 6.40. The van der Waals surface area contributed by atoms with Crippen molar-refractivity contribution < 1.29 is 9.53 Å². The molecule has 3 rings (SSSR count). The molecule has 3 heterocycles. The number of hydrogen-bond donors (Lipinski definition) is 2. The number of carbonyl (C=O) groups excluding carboxylic acids is 1. The molecule has 0 amide bonds. The van der Waals surface area contributed by atoms with Crippen LogP contribution < -0.4 is 10.6 Å². The maximum absolute atomic E-state index is 11.6. The van der Waals surface area contributed by atoms with Gasteiger partial charge in [0.1, 0.15) is 0 Å². The van der Waals surface area contributed by atoms with Gasteiger partial charge < -0.3 is 15.4 Å². The summed E-state index contributed by atoms with van der Waals surface area (Å²) in [5.74, 6) is 0.835. The molecule has 3 aromatic rings. The summed E-state index contributed by atoms with van der Waals surface area (Å²) in [6, 6.07) is 11.4. The highest BCUT2D eigenvalue weighted by Gasteiger charge is 2.10. The number of ether oxygens (including phenoxy) is 1. The van der Waals surface area contributed by atoms with Crippen molar-refractivity contribution in [2.45, 2.75) is 26.8 Å². The molecule has 166 valence electrons. The smallest absolute Gasteiger partial charge is 0.185 e. The minimum absolute atomic E-state index is 0.216. The van der Waals surface area contributed by atoms with Crippen LogP contribution in [0.15, 0.2) is 60.0 Å². The van der Waals surface area contributed by atoms with Gasteiger partial charge in [0.15, 0.2) is 17.9 Å². The van der Waals surface area contributed by atoms with Gasteiger partial charge in [0.05, 0.1) is 24.5 Å². The van der Waals surface area contributed by atoms with Gasteiger partial charge in [-0.2, -0.15) is 0 Å². The van der Waals surface area contributed by atoms with E-state index >= 15 is 0 Å². The maximum Gasteiger partial charge on any atom is 0.185 e. The number of aliphatic imine (C=N–C) groups is 1. The quantitative estimate of drug-likeness (QED) is 0.205. The van der Waals surface area contributed by atoms with Gasteiger partial charge in [-0.3, -0.25) is 19.8 Å². The molecule has 32 heavy (non-hydrogen) atoms. The van der Waals surface area contributed by atoms with Gasteiger partial charge in [-0.05, 0) is 49.2 Å². The molecule has 3 aromatic heterocycles. The number of amidine groups is 1. The summed E-state index contributed by atoms with van der Waals surface area (Å²) < 4.78 is 5.56. The molecule has 0 bridgehead atoms. The van der Waals surface area contributed by atoms with Gasteiger partial charge >= 0.3 is 0 Å². The van der Waals surface area contributed by atoms with Crippen molar-refractivity contribution in [1.29, 1.82) is 0 Å². The molecule has 0 saturated heterocycles. The Labute approximate surface area is 188 Å². The number of rotatable bonds is 11. The summed E-state index contributed by atoms with van der Waals surface area (Å²) in [7, 11) is 0. The molecule has 0 unspecified atom stereocenters. The van der Waals surface area contributed by atoms with Gasteiger partial charge in [0, 0.05) is 43.0 Å². The monoisotopic (exact) mass is 432 g/mol. The van der Waals surface area contributed by atoms with E-state index in [1.54, 1.807) is 18.6 Å². The second-order valence-electron chi connectivity index (χ2n) is 7.12. The van der Waals surface area contributed by atoms with Crippen LogP contribution in [0.1, 0.15) is 24.6 Å². The SMILES string of the molecule is CCCOCCNc1nc(-c2ccnc(C)c2)ccc1NC(C=O)=NCc1cccnc1. The first-order valence-electron chi connectivity index (χ1n) is 10.6. The zero-order valence-electron chi connectivity index (χ0n) is 18.4. The number of aldehydes is 1. The van der Waals surface area contributed by atoms with Crippen LogP contribution in [0, 0.1) is 6.92 Å². The highest BCUT2D eigenvalue weighted by molar-refractivity contribution is 6.33. The van der Waals surface area contributed by atoms with Crippen molar-refractivity contribution in [3.05, 3.63) is 66.2 Å². The lowest BCUT2D eigenvalue weighted by molar-refractivity contribution is -0.102. The van der Waals surface area contributed by atoms with Crippen LogP contribution >= 0.6 is 0 Å². The molecule has 0 radical (unpaired) electrons. The highest BCUT2D eigenvalue weighted by Crippen LogP contribution is 2.25. The van der Waals surface area contributed by atoms with E-state index in [9.17, 15) is 4.79 Å². The van der Waals surface area contributed by atoms with E-state index in [-0.39, 0.29) is 5.84 Å². The van der Waals surface area contributed by atoms with Gasteiger partial charge in [0.2, 0.25) is 0 Å². The second kappa shape index (κ2) is 12.3. The Bertz CT molecular complexity index is 1040. The summed E-state index contributed by atoms with van der Waals surface area (Å²) in [6.07, 6.45) is 6.86. The normalized spacial score (nSPS) is 11.2. The van der Waals surface area contributed by atoms with Crippen molar-refractivity contribution in [2.24, 2.45) is 4.99 Å². The van der Waals surface area contributed by atoms with Gasteiger partial charge in [-0.15, -0.1) is 0 Å². The zero-order chi connectivity index (χ0) is 22.6. The number of anilines is 2. The summed E-state index contributed by atoms with van der Waals surface area (Å²) >= 11 is 0. The predicted octanol–water partition coefficient (Wildman–Crippen LogP) is 3.90. The Kier molecular flexibility index (Phi) is 8.82. The van der Waals surface area contributed by atoms with Crippen molar-refractivity contribution in [1.82, 2.24) is 15.0 Å². The van der Waals surface area contributed by atoms with Crippen LogP contribution in [0.2, 0.25) is 0 Å². The number of nitrogens with one attached hydrogen (secondary N) is 2. The third-order valence-corrected chi connectivity index (χ3v) is 4.50. The molecule has 0 aliphatic heterocycles. The van der Waals surface area contributed by atoms with E-state index in [1.807, 2.05) is 43.3 Å². The zero-order valence-corrected chi connectivity index (χ0v) is 18.4. The Hall–Kier alpha value is -3.65. The number of nitrogens with zero attached hydrogens (tertiary/aromatic N) is 4. The van der Waals surface area contributed by atoms with E-state index in [1.165, 1.54) is 0 Å². The lowest BCUT2D eigenvalue weighted by atomic mass is 10.1. The van der Waals surface area contributed by atoms with Gasteiger partial charge in [-0.25, -0.2) is 4.98 Å². The molecule has 2 N–H and O–H groups in total. The van der Waals surface area contributed by atoms with Crippen molar-refractivity contribution in [2.75, 3.05) is 30.4 Å². The Balaban J connectivity index is 1.81. The predicted molar refractivity (Wildman–Crippen MR) is 127 cm³/mol. The topological polar surface area (TPSA) is 101 Å². The van der Waals surface area contributed by atoms with Crippen LogP contribution in [0.25, 0.3) is 11.3 Å². The van der Waals surface area contributed by atoms with Gasteiger partial charge in [0.25, 0.3) is 0 Å². The maximum atomic E-state index is 11.6. The minimum Gasteiger partial charge on any atom is -0.380 e. The molecule has 0 fully saturated rings. The largest absolute Gasteiger partial charge is 0.380 e. The summed E-state index contributed by atoms with van der Waals surface area (Å²) in [5.41, 5.74) is 4.27. The third kappa shape index (κ3) is 6.95. The van der Waals surface area contributed by atoms with E-state index < -0.39 is 0 Å². The minimum atomic E-state index is 0.216. The number of aryl methyl sites for hydroxylation is 1. The Morgan fingerprint density at radius 3 is 2.84 bits per heavy atom. The first kappa shape index (κ1) is 23.0. The van der Waals surface area contributed by atoms with Crippen LogP contribution in [0.4, 0.5) is 11.5 Å². The fraction of sp³-hybridized carbons (Fsp3) is 0.292. The second-order valence-corrected chi connectivity index (χ2v) is 7.12. The number of carbonyl (C=O) groups is 1. The standard InChI is InChI=1S/C24H28N6O2/c1-3-12-32-13-11-27-24-22(7-6-21(30-24)20-8-10-26-18(2)14-20)29-23(17-31)28-16-19-5-4-9-25-15-19/h4-10,14-15,17H,3,11-13,16H2,1-2H3,(H,27,30)(H,28,29). The molecule has 0 aliphatic carbocycles. The average Bonchev–Trinajstić information content (AvgIpc) is 2.83. The average molecular weight is 433 g/mol. The lowest BCUT2D eigenvalue weighted by Crippen LogP contribution is -2.18. The number of aromatic nitrogens is 3. The van der Waals surface area contributed by atoms with Gasteiger partial charge in [-0.1, -0.05) is 13.0 Å². The molecular weight excluding hydrogens is 404 g/mol. The van der Waals surface area contributed by atoms with E-state index in [0.29, 0.717) is 44.1 Å². The summed E-state index contributed by atoms with van der Waals surface area (Å²) in [4.78, 5) is 29.1.